The summed E-state index contributed by atoms with van der Waals surface area (Å²) in [4.78, 5) is 8.36. The van der Waals surface area contributed by atoms with Crippen LogP contribution in [-0.4, -0.2) is 16.1 Å². The van der Waals surface area contributed by atoms with E-state index >= 15 is 0 Å². The summed E-state index contributed by atoms with van der Waals surface area (Å²) in [6.45, 7) is 3.88. The molecule has 0 N–H and O–H groups in total. The molecule has 0 atom stereocenters. The van der Waals surface area contributed by atoms with Gasteiger partial charge in [0.05, 0.1) is 11.6 Å². The molecule has 0 saturated heterocycles. The normalized spacial score (nSPS) is 10.9. The van der Waals surface area contributed by atoms with Crippen molar-refractivity contribution in [3.05, 3.63) is 29.4 Å². The highest BCUT2D eigenvalue weighted by molar-refractivity contribution is 6.31. The smallest absolute Gasteiger partial charge is 0.317 e. The van der Waals surface area contributed by atoms with E-state index in [0.717, 1.165) is 10.9 Å². The third-order valence-corrected chi connectivity index (χ3v) is 2.10. The molecule has 1 aromatic carbocycles. The second kappa shape index (κ2) is 4.03. The van der Waals surface area contributed by atoms with Crippen molar-refractivity contribution in [2.24, 2.45) is 0 Å². The minimum atomic E-state index is 0.0785. The van der Waals surface area contributed by atoms with Gasteiger partial charge >= 0.3 is 6.01 Å². The number of nitrogens with zero attached hydrogens (tertiary/aromatic N) is 2. The van der Waals surface area contributed by atoms with Gasteiger partial charge in [0, 0.05) is 16.6 Å². The molecule has 0 fully saturated rings. The molecule has 2 rings (SSSR count). The summed E-state index contributed by atoms with van der Waals surface area (Å²) >= 11 is 5.86. The van der Waals surface area contributed by atoms with Gasteiger partial charge in [-0.3, -0.25) is 0 Å². The highest BCUT2D eigenvalue weighted by Gasteiger charge is 2.03. The Morgan fingerprint density at radius 1 is 1.33 bits per heavy atom. The van der Waals surface area contributed by atoms with Crippen molar-refractivity contribution in [2.75, 3.05) is 0 Å². The first-order valence-corrected chi connectivity index (χ1v) is 5.12. The number of hydrogen-bond donors (Lipinski definition) is 0. The number of halogens is 1. The molecule has 0 unspecified atom stereocenters. The lowest BCUT2D eigenvalue weighted by atomic mass is 10.2. The SMILES string of the molecule is CC(C)Oc1ncc2cc(Cl)ccc2n1. The summed E-state index contributed by atoms with van der Waals surface area (Å²) in [5.41, 5.74) is 0.838. The van der Waals surface area contributed by atoms with E-state index in [4.69, 9.17) is 16.3 Å². The standard InChI is InChI=1S/C11H11ClN2O/c1-7(2)15-11-13-6-8-5-9(12)3-4-10(8)14-11/h3-7H,1-2H3. The van der Waals surface area contributed by atoms with Gasteiger partial charge in [0.25, 0.3) is 0 Å². The van der Waals surface area contributed by atoms with Crippen LogP contribution in [-0.2, 0) is 0 Å². The molecular formula is C11H11ClN2O. The van der Waals surface area contributed by atoms with Crippen LogP contribution in [0.4, 0.5) is 0 Å². The molecule has 0 saturated carbocycles. The number of ether oxygens (including phenoxy) is 1. The third kappa shape index (κ3) is 2.36. The van der Waals surface area contributed by atoms with Crippen molar-refractivity contribution in [3.8, 4) is 6.01 Å². The Morgan fingerprint density at radius 3 is 2.87 bits per heavy atom. The largest absolute Gasteiger partial charge is 0.461 e. The average molecular weight is 223 g/mol. The van der Waals surface area contributed by atoms with Crippen LogP contribution < -0.4 is 4.74 Å². The number of benzene rings is 1. The second-order valence-electron chi connectivity index (χ2n) is 3.52. The minimum absolute atomic E-state index is 0.0785. The summed E-state index contributed by atoms with van der Waals surface area (Å²) < 4.78 is 5.40. The molecule has 0 spiro atoms. The molecule has 4 heteroatoms. The zero-order valence-electron chi connectivity index (χ0n) is 8.57. The first-order valence-electron chi connectivity index (χ1n) is 4.74. The maximum absolute atomic E-state index is 5.86. The van der Waals surface area contributed by atoms with E-state index < -0.39 is 0 Å². The molecule has 1 heterocycles. The van der Waals surface area contributed by atoms with E-state index in [2.05, 4.69) is 9.97 Å². The van der Waals surface area contributed by atoms with E-state index in [9.17, 15) is 0 Å². The Labute approximate surface area is 93.1 Å². The number of hydrogen-bond acceptors (Lipinski definition) is 3. The fourth-order valence-electron chi connectivity index (χ4n) is 1.25. The zero-order chi connectivity index (χ0) is 10.8. The summed E-state index contributed by atoms with van der Waals surface area (Å²) in [6.07, 6.45) is 1.79. The van der Waals surface area contributed by atoms with Crippen LogP contribution in [0, 0.1) is 0 Å². The van der Waals surface area contributed by atoms with Crippen LogP contribution in [0.5, 0.6) is 6.01 Å². The molecular weight excluding hydrogens is 212 g/mol. The summed E-state index contributed by atoms with van der Waals surface area (Å²) in [7, 11) is 0. The van der Waals surface area contributed by atoms with Crippen molar-refractivity contribution in [1.29, 1.82) is 0 Å². The second-order valence-corrected chi connectivity index (χ2v) is 3.96. The Morgan fingerprint density at radius 2 is 2.13 bits per heavy atom. The van der Waals surface area contributed by atoms with Gasteiger partial charge in [-0.1, -0.05) is 11.6 Å². The molecule has 0 bridgehead atoms. The van der Waals surface area contributed by atoms with E-state index in [1.807, 2.05) is 26.0 Å². The van der Waals surface area contributed by atoms with E-state index in [1.165, 1.54) is 0 Å². The van der Waals surface area contributed by atoms with Crippen LogP contribution in [0.2, 0.25) is 5.02 Å². The minimum Gasteiger partial charge on any atom is -0.461 e. The van der Waals surface area contributed by atoms with Gasteiger partial charge in [-0.15, -0.1) is 0 Å². The molecule has 0 amide bonds. The topological polar surface area (TPSA) is 35.0 Å². The summed E-state index contributed by atoms with van der Waals surface area (Å²) in [5, 5.41) is 1.60. The number of rotatable bonds is 2. The van der Waals surface area contributed by atoms with Crippen LogP contribution in [0.3, 0.4) is 0 Å². The molecule has 0 aliphatic rings. The van der Waals surface area contributed by atoms with Gasteiger partial charge in [-0.25, -0.2) is 4.98 Å². The number of aromatic nitrogens is 2. The van der Waals surface area contributed by atoms with Gasteiger partial charge < -0.3 is 4.74 Å². The fourth-order valence-corrected chi connectivity index (χ4v) is 1.44. The van der Waals surface area contributed by atoms with Crippen molar-refractivity contribution in [2.45, 2.75) is 20.0 Å². The Kier molecular flexibility index (Phi) is 2.73. The van der Waals surface area contributed by atoms with Gasteiger partial charge in [0.2, 0.25) is 0 Å². The fraction of sp³-hybridized carbons (Fsp3) is 0.273. The monoisotopic (exact) mass is 222 g/mol. The van der Waals surface area contributed by atoms with Crippen molar-refractivity contribution in [1.82, 2.24) is 9.97 Å². The van der Waals surface area contributed by atoms with Crippen LogP contribution >= 0.6 is 11.6 Å². The lowest BCUT2D eigenvalue weighted by molar-refractivity contribution is 0.223. The first kappa shape index (κ1) is 10.2. The lowest BCUT2D eigenvalue weighted by Gasteiger charge is -2.07. The molecule has 15 heavy (non-hydrogen) atoms. The van der Waals surface area contributed by atoms with E-state index in [1.54, 1.807) is 12.3 Å². The van der Waals surface area contributed by atoms with Gasteiger partial charge in [0.1, 0.15) is 0 Å². The van der Waals surface area contributed by atoms with Gasteiger partial charge in [-0.05, 0) is 32.0 Å². The van der Waals surface area contributed by atoms with Crippen molar-refractivity contribution < 1.29 is 4.74 Å². The highest BCUT2D eigenvalue weighted by atomic mass is 35.5. The Balaban J connectivity index is 2.43. The van der Waals surface area contributed by atoms with Crippen molar-refractivity contribution in [3.63, 3.8) is 0 Å². The highest BCUT2D eigenvalue weighted by Crippen LogP contribution is 2.18. The lowest BCUT2D eigenvalue weighted by Crippen LogP contribution is -2.08. The van der Waals surface area contributed by atoms with E-state index in [0.29, 0.717) is 11.0 Å². The summed E-state index contributed by atoms with van der Waals surface area (Å²) in [6, 6.07) is 5.89. The number of fused-ring (bicyclic) bond motifs is 1. The maximum Gasteiger partial charge on any atom is 0.317 e. The van der Waals surface area contributed by atoms with Crippen LogP contribution in [0.15, 0.2) is 24.4 Å². The average Bonchev–Trinajstić information content (AvgIpc) is 2.17. The maximum atomic E-state index is 5.86. The molecule has 1 aromatic heterocycles. The molecule has 2 aromatic rings. The van der Waals surface area contributed by atoms with Crippen LogP contribution in [0.25, 0.3) is 10.9 Å². The quantitative estimate of drug-likeness (QED) is 0.783. The molecule has 3 nitrogen and oxygen atoms in total. The predicted molar refractivity (Wildman–Crippen MR) is 60.3 cm³/mol. The molecule has 0 aliphatic heterocycles. The van der Waals surface area contributed by atoms with Crippen molar-refractivity contribution >= 4 is 22.5 Å². The predicted octanol–water partition coefficient (Wildman–Crippen LogP) is 3.07. The Bertz CT molecular complexity index is 485. The first-order chi connectivity index (χ1) is 7.15. The van der Waals surface area contributed by atoms with Crippen LogP contribution in [0.1, 0.15) is 13.8 Å². The molecule has 0 radical (unpaired) electrons. The Hall–Kier alpha value is -1.35. The molecule has 78 valence electrons. The van der Waals surface area contributed by atoms with E-state index in [-0.39, 0.29) is 6.10 Å². The van der Waals surface area contributed by atoms with Gasteiger partial charge in [0.15, 0.2) is 0 Å². The van der Waals surface area contributed by atoms with Gasteiger partial charge in [-0.2, -0.15) is 4.98 Å². The zero-order valence-corrected chi connectivity index (χ0v) is 9.32. The third-order valence-electron chi connectivity index (χ3n) is 1.86. The molecule has 0 aliphatic carbocycles. The summed E-state index contributed by atoms with van der Waals surface area (Å²) in [5.74, 6) is 0.